The molecule has 0 aliphatic carbocycles. The summed E-state index contributed by atoms with van der Waals surface area (Å²) in [6, 6.07) is 20.9. The third-order valence-corrected chi connectivity index (χ3v) is 6.39. The van der Waals surface area contributed by atoms with Gasteiger partial charge in [-0.1, -0.05) is 30.3 Å². The van der Waals surface area contributed by atoms with Crippen LogP contribution in [0.15, 0.2) is 54.6 Å². The second-order valence-electron chi connectivity index (χ2n) is 11.2. The van der Waals surface area contributed by atoms with Crippen molar-refractivity contribution in [3.8, 4) is 22.9 Å². The molecule has 3 aromatic rings. The second-order valence-corrected chi connectivity index (χ2v) is 11.2. The number of ether oxygens (including phenoxy) is 3. The minimum atomic E-state index is -0.577. The molecule has 6 heteroatoms. The van der Waals surface area contributed by atoms with Crippen LogP contribution in [0.5, 0.6) is 5.75 Å². The van der Waals surface area contributed by atoms with Gasteiger partial charge in [0.25, 0.3) is 0 Å². The maximum absolute atomic E-state index is 10.1. The zero-order valence-electron chi connectivity index (χ0n) is 22.8. The van der Waals surface area contributed by atoms with Crippen LogP contribution in [0.2, 0.25) is 0 Å². The van der Waals surface area contributed by atoms with E-state index in [9.17, 15) is 5.26 Å². The molecule has 0 spiro atoms. The number of nitrogens with zero attached hydrogens (tertiary/aromatic N) is 2. The molecule has 1 heterocycles. The first-order valence-corrected chi connectivity index (χ1v) is 13.1. The Bertz CT molecular complexity index is 1250. The highest BCUT2D eigenvalue weighted by atomic mass is 16.6. The van der Waals surface area contributed by atoms with Gasteiger partial charge in [0.05, 0.1) is 25.4 Å². The Labute approximate surface area is 221 Å². The number of fused-ring (bicyclic) bond motifs is 1. The summed E-state index contributed by atoms with van der Waals surface area (Å²) in [7, 11) is 0. The lowest BCUT2D eigenvalue weighted by Crippen LogP contribution is -2.38. The first-order valence-electron chi connectivity index (χ1n) is 13.1. The lowest BCUT2D eigenvalue weighted by Gasteiger charge is -2.31. The van der Waals surface area contributed by atoms with Gasteiger partial charge in [-0.15, -0.1) is 0 Å². The fourth-order valence-electron chi connectivity index (χ4n) is 4.40. The van der Waals surface area contributed by atoms with Gasteiger partial charge in [0.1, 0.15) is 23.0 Å². The topological polar surface area (TPSA) is 66.8 Å². The fraction of sp³-hybridized carbons (Fsp3) is 0.452. The van der Waals surface area contributed by atoms with Crippen LogP contribution in [0.1, 0.15) is 40.2 Å². The van der Waals surface area contributed by atoms with E-state index < -0.39 is 5.60 Å². The van der Waals surface area contributed by atoms with Crippen LogP contribution in [-0.2, 0) is 9.47 Å². The molecule has 0 aromatic heterocycles. The van der Waals surface area contributed by atoms with Crippen LogP contribution in [0.4, 0.5) is 5.69 Å². The smallest absolute Gasteiger partial charge is 0.138 e. The van der Waals surface area contributed by atoms with Crippen molar-refractivity contribution in [3.05, 3.63) is 60.2 Å². The maximum atomic E-state index is 10.1. The molecule has 1 fully saturated rings. The molecule has 1 saturated heterocycles. The Kier molecular flexibility index (Phi) is 8.39. The lowest BCUT2D eigenvalue weighted by atomic mass is 9.96. The Balaban J connectivity index is 1.49. The molecule has 0 unspecified atom stereocenters. The average molecular weight is 502 g/mol. The minimum Gasteiger partial charge on any atom is -0.484 e. The predicted octanol–water partition coefficient (Wildman–Crippen LogP) is 6.10. The Morgan fingerprint density at radius 3 is 2.43 bits per heavy atom. The zero-order chi connectivity index (χ0) is 26.5. The Morgan fingerprint density at radius 2 is 1.70 bits per heavy atom. The van der Waals surface area contributed by atoms with E-state index in [0.29, 0.717) is 17.9 Å². The molecule has 4 rings (SSSR count). The second kappa shape index (κ2) is 11.5. The first-order chi connectivity index (χ1) is 17.6. The summed E-state index contributed by atoms with van der Waals surface area (Å²) in [5.74, 6) is 0.572. The van der Waals surface area contributed by atoms with Crippen LogP contribution in [0.3, 0.4) is 0 Å². The van der Waals surface area contributed by atoms with Crippen molar-refractivity contribution in [2.75, 3.05) is 51.3 Å². The van der Waals surface area contributed by atoms with Gasteiger partial charge in [0, 0.05) is 37.4 Å². The quantitative estimate of drug-likeness (QED) is 0.382. The summed E-state index contributed by atoms with van der Waals surface area (Å²) in [6.07, 6.45) is 0. The number of hydrogen-bond acceptors (Lipinski definition) is 6. The summed E-state index contributed by atoms with van der Waals surface area (Å²) in [5.41, 5.74) is 2.66. The number of nitriles is 1. The van der Waals surface area contributed by atoms with E-state index in [4.69, 9.17) is 14.2 Å². The molecule has 6 nitrogen and oxygen atoms in total. The highest BCUT2D eigenvalue weighted by molar-refractivity contribution is 5.90. The molecule has 0 bridgehead atoms. The Hall–Kier alpha value is -3.11. The monoisotopic (exact) mass is 501 g/mol. The van der Waals surface area contributed by atoms with E-state index in [1.54, 1.807) is 0 Å². The molecular weight excluding hydrogens is 462 g/mol. The lowest BCUT2D eigenvalue weighted by molar-refractivity contribution is -0.0723. The summed E-state index contributed by atoms with van der Waals surface area (Å²) < 4.78 is 17.7. The summed E-state index contributed by atoms with van der Waals surface area (Å²) in [4.78, 5) is 2.42. The highest BCUT2D eigenvalue weighted by Crippen LogP contribution is 2.34. The molecule has 37 heavy (non-hydrogen) atoms. The minimum absolute atomic E-state index is 0.260. The standard InChI is InChI=1S/C31H39N3O3/c1-30(2,3)36-22-31(4,5)37-29-8-6-7-27(28(29)21-32)25-10-9-24-20-26(12-11-23(24)19-25)33-13-14-34-15-17-35-18-16-34/h6-12,19-20,33H,13-18,22H2,1-5H3. The van der Waals surface area contributed by atoms with Gasteiger partial charge in [-0.05, 0) is 75.2 Å². The molecular formula is C31H39N3O3. The van der Waals surface area contributed by atoms with Gasteiger partial charge in [0.15, 0.2) is 0 Å². The van der Waals surface area contributed by atoms with Gasteiger partial charge in [-0.2, -0.15) is 5.26 Å². The highest BCUT2D eigenvalue weighted by Gasteiger charge is 2.26. The van der Waals surface area contributed by atoms with Crippen molar-refractivity contribution in [2.45, 2.75) is 45.8 Å². The SMILES string of the molecule is CC(C)(C)OCC(C)(C)Oc1cccc(-c2ccc3cc(NCCN4CCOCC4)ccc3c2)c1C#N. The molecule has 0 amide bonds. The summed E-state index contributed by atoms with van der Waals surface area (Å²) in [6.45, 7) is 16.0. The van der Waals surface area contributed by atoms with Crippen molar-refractivity contribution in [2.24, 2.45) is 0 Å². The molecule has 3 aromatic carbocycles. The van der Waals surface area contributed by atoms with Crippen LogP contribution < -0.4 is 10.1 Å². The normalized spacial score (nSPS) is 14.9. The van der Waals surface area contributed by atoms with Crippen LogP contribution >= 0.6 is 0 Å². The molecule has 1 aliphatic heterocycles. The van der Waals surface area contributed by atoms with Crippen molar-refractivity contribution >= 4 is 16.5 Å². The van der Waals surface area contributed by atoms with Crippen molar-refractivity contribution in [3.63, 3.8) is 0 Å². The largest absolute Gasteiger partial charge is 0.484 e. The van der Waals surface area contributed by atoms with Gasteiger partial charge in [0.2, 0.25) is 0 Å². The van der Waals surface area contributed by atoms with E-state index >= 15 is 0 Å². The van der Waals surface area contributed by atoms with E-state index in [1.807, 2.05) is 52.8 Å². The molecule has 1 N–H and O–H groups in total. The summed E-state index contributed by atoms with van der Waals surface area (Å²) in [5, 5.41) is 15.9. The first kappa shape index (κ1) is 26.9. The fourth-order valence-corrected chi connectivity index (χ4v) is 4.40. The van der Waals surface area contributed by atoms with E-state index in [2.05, 4.69) is 52.7 Å². The van der Waals surface area contributed by atoms with Gasteiger partial charge < -0.3 is 19.5 Å². The third-order valence-electron chi connectivity index (χ3n) is 6.39. The molecule has 0 radical (unpaired) electrons. The van der Waals surface area contributed by atoms with Crippen molar-refractivity contribution in [1.82, 2.24) is 4.90 Å². The number of hydrogen-bond donors (Lipinski definition) is 1. The van der Waals surface area contributed by atoms with Crippen molar-refractivity contribution < 1.29 is 14.2 Å². The van der Waals surface area contributed by atoms with Gasteiger partial charge >= 0.3 is 0 Å². The van der Waals surface area contributed by atoms with Crippen molar-refractivity contribution in [1.29, 1.82) is 5.26 Å². The van der Waals surface area contributed by atoms with E-state index in [1.165, 1.54) is 0 Å². The molecule has 0 atom stereocenters. The molecule has 0 saturated carbocycles. The number of rotatable bonds is 9. The van der Waals surface area contributed by atoms with Crippen LogP contribution in [-0.4, -0.2) is 62.1 Å². The number of morpholine rings is 1. The van der Waals surface area contributed by atoms with Gasteiger partial charge in [-0.3, -0.25) is 4.90 Å². The van der Waals surface area contributed by atoms with Crippen LogP contribution in [0.25, 0.3) is 21.9 Å². The number of anilines is 1. The maximum Gasteiger partial charge on any atom is 0.138 e. The van der Waals surface area contributed by atoms with E-state index in [0.717, 1.165) is 67.0 Å². The molecule has 196 valence electrons. The zero-order valence-corrected chi connectivity index (χ0v) is 22.8. The van der Waals surface area contributed by atoms with Gasteiger partial charge in [-0.25, -0.2) is 0 Å². The van der Waals surface area contributed by atoms with Crippen LogP contribution in [0, 0.1) is 11.3 Å². The molecule has 1 aliphatic rings. The number of benzene rings is 3. The van der Waals surface area contributed by atoms with E-state index in [-0.39, 0.29) is 5.60 Å². The number of nitrogens with one attached hydrogen (secondary N) is 1. The Morgan fingerprint density at radius 1 is 0.973 bits per heavy atom. The predicted molar refractivity (Wildman–Crippen MR) is 150 cm³/mol. The average Bonchev–Trinajstić information content (AvgIpc) is 2.87. The third kappa shape index (κ3) is 7.45. The summed E-state index contributed by atoms with van der Waals surface area (Å²) >= 11 is 0.